The number of nitrogens with one attached hydrogen (secondary N) is 1. The van der Waals surface area contributed by atoms with Crippen LogP contribution in [0.1, 0.15) is 12.8 Å². The van der Waals surface area contributed by atoms with Gasteiger partial charge in [-0.25, -0.2) is 0 Å². The summed E-state index contributed by atoms with van der Waals surface area (Å²) in [5.41, 5.74) is 0. The molecule has 0 saturated carbocycles. The minimum absolute atomic E-state index is 0.743. The molecule has 1 atom stereocenters. The number of hydrogen-bond acceptors (Lipinski definition) is 4. The Labute approximate surface area is 98.3 Å². The lowest BCUT2D eigenvalue weighted by Crippen LogP contribution is -2.35. The number of rotatable bonds is 5. The van der Waals surface area contributed by atoms with Crippen molar-refractivity contribution >= 4 is 0 Å². The Morgan fingerprint density at radius 2 is 2.12 bits per heavy atom. The van der Waals surface area contributed by atoms with Gasteiger partial charge in [-0.15, -0.1) is 0 Å². The molecule has 2 aliphatic heterocycles. The van der Waals surface area contributed by atoms with Crippen LogP contribution in [0.5, 0.6) is 0 Å². The van der Waals surface area contributed by atoms with Gasteiger partial charge in [-0.2, -0.15) is 0 Å². The summed E-state index contributed by atoms with van der Waals surface area (Å²) in [6, 6.07) is 0. The molecule has 1 unspecified atom stereocenters. The Kier molecular flexibility index (Phi) is 5.55. The largest absolute Gasteiger partial charge is 0.381 e. The molecule has 1 N–H and O–H groups in total. The smallest absolute Gasteiger partial charge is 0.0593 e. The molecule has 2 heterocycles. The first kappa shape index (κ1) is 12.3. The zero-order chi connectivity index (χ0) is 11.1. The third kappa shape index (κ3) is 4.37. The summed E-state index contributed by atoms with van der Waals surface area (Å²) in [4.78, 5) is 2.49. The maximum Gasteiger partial charge on any atom is 0.0593 e. The third-order valence-electron chi connectivity index (χ3n) is 3.38. The molecule has 0 amide bonds. The molecule has 2 aliphatic rings. The minimum Gasteiger partial charge on any atom is -0.381 e. The van der Waals surface area contributed by atoms with Gasteiger partial charge >= 0.3 is 0 Å². The highest BCUT2D eigenvalue weighted by Crippen LogP contribution is 2.10. The van der Waals surface area contributed by atoms with Crippen molar-refractivity contribution in [1.82, 2.24) is 10.2 Å². The molecule has 0 spiro atoms. The van der Waals surface area contributed by atoms with E-state index in [-0.39, 0.29) is 0 Å². The van der Waals surface area contributed by atoms with Crippen LogP contribution in [0.2, 0.25) is 0 Å². The lowest BCUT2D eigenvalue weighted by atomic mass is 10.1. The van der Waals surface area contributed by atoms with Crippen molar-refractivity contribution in [2.45, 2.75) is 12.8 Å². The summed E-state index contributed by atoms with van der Waals surface area (Å²) in [7, 11) is 0. The van der Waals surface area contributed by atoms with E-state index in [1.165, 1.54) is 19.4 Å². The van der Waals surface area contributed by atoms with Crippen LogP contribution >= 0.6 is 0 Å². The molecule has 0 aromatic heterocycles. The molecule has 4 heteroatoms. The van der Waals surface area contributed by atoms with Crippen LogP contribution < -0.4 is 5.32 Å². The van der Waals surface area contributed by atoms with Crippen LogP contribution in [0.4, 0.5) is 0 Å². The summed E-state index contributed by atoms with van der Waals surface area (Å²) < 4.78 is 10.8. The van der Waals surface area contributed by atoms with Gasteiger partial charge in [0.1, 0.15) is 0 Å². The zero-order valence-electron chi connectivity index (χ0n) is 10.1. The predicted molar refractivity (Wildman–Crippen MR) is 63.7 cm³/mol. The summed E-state index contributed by atoms with van der Waals surface area (Å²) in [5, 5.41) is 3.53. The quantitative estimate of drug-likeness (QED) is 0.688. The van der Waals surface area contributed by atoms with E-state index in [0.717, 1.165) is 58.5 Å². The molecule has 16 heavy (non-hydrogen) atoms. The maximum atomic E-state index is 5.43. The Bertz CT molecular complexity index is 176. The lowest BCUT2D eigenvalue weighted by molar-refractivity contribution is 0.141. The Balaban J connectivity index is 1.49. The van der Waals surface area contributed by atoms with Crippen molar-refractivity contribution < 1.29 is 9.47 Å². The predicted octanol–water partition coefficient (Wildman–Crippen LogP) is 0.335. The van der Waals surface area contributed by atoms with E-state index in [1.54, 1.807) is 0 Å². The second-order valence-corrected chi connectivity index (χ2v) is 4.74. The second kappa shape index (κ2) is 7.22. The molecule has 2 rings (SSSR count). The van der Waals surface area contributed by atoms with Gasteiger partial charge in [0, 0.05) is 45.9 Å². The van der Waals surface area contributed by atoms with Crippen LogP contribution in [0, 0.1) is 5.92 Å². The first-order valence-electron chi connectivity index (χ1n) is 6.54. The van der Waals surface area contributed by atoms with Crippen molar-refractivity contribution in [2.24, 2.45) is 5.92 Å². The van der Waals surface area contributed by atoms with E-state index in [2.05, 4.69) is 10.2 Å². The van der Waals surface area contributed by atoms with E-state index >= 15 is 0 Å². The van der Waals surface area contributed by atoms with Crippen molar-refractivity contribution in [1.29, 1.82) is 0 Å². The highest BCUT2D eigenvalue weighted by Gasteiger charge is 2.15. The highest BCUT2D eigenvalue weighted by atomic mass is 16.5. The normalized spacial score (nSPS) is 28.1. The average molecular weight is 228 g/mol. The number of hydrogen-bond donors (Lipinski definition) is 1. The standard InChI is InChI=1S/C12H24N2O2/c1-4-14(6-9-15-7-1)5-3-13-10-12-2-8-16-11-12/h12-13H,1-11H2. The van der Waals surface area contributed by atoms with E-state index in [1.807, 2.05) is 0 Å². The first-order chi connectivity index (χ1) is 7.95. The average Bonchev–Trinajstić information content (AvgIpc) is 2.68. The molecule has 0 aromatic rings. The monoisotopic (exact) mass is 228 g/mol. The molecule has 2 fully saturated rings. The fourth-order valence-electron chi connectivity index (χ4n) is 2.31. The lowest BCUT2D eigenvalue weighted by Gasteiger charge is -2.19. The van der Waals surface area contributed by atoms with Gasteiger partial charge in [0.2, 0.25) is 0 Å². The SMILES string of the molecule is C1COCCN(CCNCC2CCOC2)C1. The van der Waals surface area contributed by atoms with Crippen molar-refractivity contribution in [3.63, 3.8) is 0 Å². The van der Waals surface area contributed by atoms with Crippen LogP contribution in [0.25, 0.3) is 0 Å². The molecule has 94 valence electrons. The molecule has 0 aliphatic carbocycles. The molecule has 0 aromatic carbocycles. The van der Waals surface area contributed by atoms with Crippen LogP contribution in [0.3, 0.4) is 0 Å². The van der Waals surface area contributed by atoms with Crippen molar-refractivity contribution in [3.05, 3.63) is 0 Å². The maximum absolute atomic E-state index is 5.43. The topological polar surface area (TPSA) is 33.7 Å². The summed E-state index contributed by atoms with van der Waals surface area (Å²) >= 11 is 0. The summed E-state index contributed by atoms with van der Waals surface area (Å²) in [5.74, 6) is 0.743. The van der Waals surface area contributed by atoms with Gasteiger partial charge < -0.3 is 14.8 Å². The van der Waals surface area contributed by atoms with Crippen molar-refractivity contribution in [3.8, 4) is 0 Å². The molecule has 0 bridgehead atoms. The minimum atomic E-state index is 0.743. The molecule has 4 nitrogen and oxygen atoms in total. The Hall–Kier alpha value is -0.160. The van der Waals surface area contributed by atoms with Gasteiger partial charge in [-0.05, 0) is 18.8 Å². The number of nitrogens with zero attached hydrogens (tertiary/aromatic N) is 1. The molecule has 0 radical (unpaired) electrons. The van der Waals surface area contributed by atoms with E-state index < -0.39 is 0 Å². The van der Waals surface area contributed by atoms with Crippen molar-refractivity contribution in [2.75, 3.05) is 59.2 Å². The molecule has 2 saturated heterocycles. The van der Waals surface area contributed by atoms with Gasteiger partial charge in [-0.1, -0.05) is 0 Å². The van der Waals surface area contributed by atoms with Crippen LogP contribution in [0.15, 0.2) is 0 Å². The van der Waals surface area contributed by atoms with E-state index in [9.17, 15) is 0 Å². The molecular weight excluding hydrogens is 204 g/mol. The number of ether oxygens (including phenoxy) is 2. The van der Waals surface area contributed by atoms with Gasteiger partial charge in [-0.3, -0.25) is 4.90 Å². The van der Waals surface area contributed by atoms with Crippen LogP contribution in [-0.2, 0) is 9.47 Å². The zero-order valence-corrected chi connectivity index (χ0v) is 10.1. The fourth-order valence-corrected chi connectivity index (χ4v) is 2.31. The summed E-state index contributed by atoms with van der Waals surface area (Å²) in [6.07, 6.45) is 2.40. The van der Waals surface area contributed by atoms with Crippen LogP contribution in [-0.4, -0.2) is 64.1 Å². The van der Waals surface area contributed by atoms with Gasteiger partial charge in [0.25, 0.3) is 0 Å². The third-order valence-corrected chi connectivity index (χ3v) is 3.38. The Morgan fingerprint density at radius 1 is 1.12 bits per heavy atom. The highest BCUT2D eigenvalue weighted by molar-refractivity contribution is 4.68. The molecular formula is C12H24N2O2. The van der Waals surface area contributed by atoms with Gasteiger partial charge in [0.15, 0.2) is 0 Å². The van der Waals surface area contributed by atoms with Gasteiger partial charge in [0.05, 0.1) is 13.2 Å². The van der Waals surface area contributed by atoms with E-state index in [4.69, 9.17) is 9.47 Å². The fraction of sp³-hybridized carbons (Fsp3) is 1.00. The summed E-state index contributed by atoms with van der Waals surface area (Å²) in [6.45, 7) is 9.38. The van der Waals surface area contributed by atoms with E-state index in [0.29, 0.717) is 0 Å². The first-order valence-corrected chi connectivity index (χ1v) is 6.54. The second-order valence-electron chi connectivity index (χ2n) is 4.74. The Morgan fingerprint density at radius 3 is 3.00 bits per heavy atom.